The molecule has 0 bridgehead atoms. The summed E-state index contributed by atoms with van der Waals surface area (Å²) in [6, 6.07) is 0. The molecule has 1 aromatic heterocycles. The summed E-state index contributed by atoms with van der Waals surface area (Å²) in [5, 5.41) is 0. The van der Waals surface area contributed by atoms with Crippen LogP contribution in [0, 0.1) is 0 Å². The Labute approximate surface area is 151 Å². The third-order valence-electron chi connectivity index (χ3n) is 4.71. The molecule has 0 amide bonds. The highest BCUT2D eigenvalue weighted by Gasteiger charge is 2.35. The van der Waals surface area contributed by atoms with Crippen molar-refractivity contribution in [2.75, 3.05) is 11.5 Å². The van der Waals surface area contributed by atoms with Gasteiger partial charge in [-0.2, -0.15) is 0 Å². The lowest BCUT2D eigenvalue weighted by Gasteiger charge is -2.27. The van der Waals surface area contributed by atoms with Gasteiger partial charge in [-0.1, -0.05) is 71.1 Å². The van der Waals surface area contributed by atoms with Gasteiger partial charge in [0.05, 0.1) is 10.4 Å². The minimum absolute atomic E-state index is 0.418. The maximum Gasteiger partial charge on any atom is 0.0946 e. The maximum atomic E-state index is 4.20. The van der Waals surface area contributed by atoms with E-state index in [0.717, 1.165) is 6.54 Å². The molecule has 0 saturated carbocycles. The lowest BCUT2D eigenvalue weighted by atomic mass is 10.1. The zero-order valence-electron chi connectivity index (χ0n) is 14.8. The standard InChI is InChI=1S/C19H34N2S2/c1-2-3-4-5-6-7-8-9-10-11-12-19(22-15-16-23-19)17-21-14-13-20-18-21/h13-14,18H,2-12,15-17H2,1H3. The Morgan fingerprint density at radius 3 is 2.09 bits per heavy atom. The summed E-state index contributed by atoms with van der Waals surface area (Å²) in [5.74, 6) is 2.63. The molecule has 0 atom stereocenters. The van der Waals surface area contributed by atoms with Gasteiger partial charge >= 0.3 is 0 Å². The van der Waals surface area contributed by atoms with Crippen molar-refractivity contribution in [3.8, 4) is 0 Å². The molecule has 0 unspecified atom stereocenters. The number of hydrogen-bond donors (Lipinski definition) is 0. The van der Waals surface area contributed by atoms with Gasteiger partial charge in [-0.25, -0.2) is 4.98 Å². The van der Waals surface area contributed by atoms with E-state index in [1.165, 1.54) is 82.1 Å². The van der Waals surface area contributed by atoms with Crippen molar-refractivity contribution in [2.45, 2.75) is 88.2 Å². The maximum absolute atomic E-state index is 4.20. The molecule has 23 heavy (non-hydrogen) atoms. The molecule has 1 aliphatic rings. The van der Waals surface area contributed by atoms with Crippen LogP contribution in [-0.2, 0) is 6.54 Å². The third-order valence-corrected chi connectivity index (χ3v) is 8.21. The van der Waals surface area contributed by atoms with Crippen molar-refractivity contribution >= 4 is 23.5 Å². The Balaban J connectivity index is 1.53. The van der Waals surface area contributed by atoms with Crippen molar-refractivity contribution in [3.63, 3.8) is 0 Å². The normalized spacial score (nSPS) is 16.9. The summed E-state index contributed by atoms with van der Waals surface area (Å²) >= 11 is 4.36. The zero-order chi connectivity index (χ0) is 16.2. The lowest BCUT2D eigenvalue weighted by molar-refractivity contribution is 0.522. The van der Waals surface area contributed by atoms with Crippen LogP contribution < -0.4 is 0 Å². The fourth-order valence-corrected chi connectivity index (χ4v) is 6.65. The van der Waals surface area contributed by atoms with E-state index in [9.17, 15) is 0 Å². The SMILES string of the molecule is CCCCCCCCCCCCC1(Cn2ccnc2)SCCS1. The minimum Gasteiger partial charge on any atom is -0.335 e. The summed E-state index contributed by atoms with van der Waals surface area (Å²) in [5.41, 5.74) is 0. The fraction of sp³-hybridized carbons (Fsp3) is 0.842. The van der Waals surface area contributed by atoms with Crippen LogP contribution in [0.25, 0.3) is 0 Å². The van der Waals surface area contributed by atoms with Gasteiger partial charge in [-0.3, -0.25) is 0 Å². The smallest absolute Gasteiger partial charge is 0.0946 e. The van der Waals surface area contributed by atoms with Crippen molar-refractivity contribution in [3.05, 3.63) is 18.7 Å². The Bertz CT molecular complexity index is 386. The molecule has 1 fully saturated rings. The second-order valence-corrected chi connectivity index (χ2v) is 9.99. The molecule has 0 aliphatic carbocycles. The van der Waals surface area contributed by atoms with Crippen LogP contribution in [0.1, 0.15) is 77.6 Å². The van der Waals surface area contributed by atoms with Crippen molar-refractivity contribution in [2.24, 2.45) is 0 Å². The van der Waals surface area contributed by atoms with E-state index in [4.69, 9.17) is 0 Å². The second-order valence-electron chi connectivity index (χ2n) is 6.77. The third kappa shape index (κ3) is 7.55. The van der Waals surface area contributed by atoms with Gasteiger partial charge in [-0.05, 0) is 6.42 Å². The predicted molar refractivity (Wildman–Crippen MR) is 106 cm³/mol. The average Bonchev–Trinajstić information content (AvgIpc) is 3.22. The van der Waals surface area contributed by atoms with Gasteiger partial charge in [0.25, 0.3) is 0 Å². The predicted octanol–water partition coefficient (Wildman–Crippen LogP) is 6.37. The Kier molecular flexibility index (Phi) is 9.59. The lowest BCUT2D eigenvalue weighted by Crippen LogP contribution is -2.24. The number of thioether (sulfide) groups is 2. The summed E-state index contributed by atoms with van der Waals surface area (Å²) in [7, 11) is 0. The molecule has 4 heteroatoms. The Morgan fingerprint density at radius 2 is 1.52 bits per heavy atom. The largest absolute Gasteiger partial charge is 0.335 e. The van der Waals surface area contributed by atoms with Crippen LogP contribution in [0.5, 0.6) is 0 Å². The van der Waals surface area contributed by atoms with Crippen LogP contribution >= 0.6 is 23.5 Å². The van der Waals surface area contributed by atoms with E-state index in [-0.39, 0.29) is 0 Å². The van der Waals surface area contributed by atoms with E-state index in [1.54, 1.807) is 0 Å². The number of imidazole rings is 1. The van der Waals surface area contributed by atoms with E-state index in [2.05, 4.69) is 46.2 Å². The van der Waals surface area contributed by atoms with E-state index in [0.29, 0.717) is 4.08 Å². The van der Waals surface area contributed by atoms with Gasteiger partial charge in [-0.15, -0.1) is 23.5 Å². The fourth-order valence-electron chi connectivity index (χ4n) is 3.35. The van der Waals surface area contributed by atoms with Gasteiger partial charge in [0.1, 0.15) is 0 Å². The van der Waals surface area contributed by atoms with Crippen LogP contribution in [0.15, 0.2) is 18.7 Å². The molecule has 0 aromatic carbocycles. The van der Waals surface area contributed by atoms with Crippen LogP contribution in [-0.4, -0.2) is 25.1 Å². The van der Waals surface area contributed by atoms with E-state index >= 15 is 0 Å². The summed E-state index contributed by atoms with van der Waals surface area (Å²) in [6.07, 6.45) is 21.6. The summed E-state index contributed by atoms with van der Waals surface area (Å²) in [6.45, 7) is 3.42. The first-order chi connectivity index (χ1) is 11.3. The van der Waals surface area contributed by atoms with Gasteiger partial charge in [0.15, 0.2) is 0 Å². The first-order valence-electron chi connectivity index (χ1n) is 9.58. The number of hydrogen-bond acceptors (Lipinski definition) is 3. The monoisotopic (exact) mass is 354 g/mol. The van der Waals surface area contributed by atoms with Gasteiger partial charge in [0.2, 0.25) is 0 Å². The molecule has 0 spiro atoms. The highest BCUT2D eigenvalue weighted by molar-refractivity contribution is 8.21. The minimum atomic E-state index is 0.418. The Hall–Kier alpha value is -0.0900. The van der Waals surface area contributed by atoms with Crippen LogP contribution in [0.4, 0.5) is 0 Å². The first kappa shape index (κ1) is 19.2. The number of aromatic nitrogens is 2. The molecule has 2 nitrogen and oxygen atoms in total. The van der Waals surface area contributed by atoms with Crippen molar-refractivity contribution < 1.29 is 0 Å². The molecule has 2 rings (SSSR count). The second kappa shape index (κ2) is 11.5. The van der Waals surface area contributed by atoms with Crippen molar-refractivity contribution in [1.29, 1.82) is 0 Å². The van der Waals surface area contributed by atoms with Crippen LogP contribution in [0.3, 0.4) is 0 Å². The average molecular weight is 355 g/mol. The quantitative estimate of drug-likeness (QED) is 0.383. The zero-order valence-corrected chi connectivity index (χ0v) is 16.5. The topological polar surface area (TPSA) is 17.8 Å². The van der Waals surface area contributed by atoms with E-state index in [1.807, 2.05) is 12.5 Å². The van der Waals surface area contributed by atoms with Crippen molar-refractivity contribution in [1.82, 2.24) is 9.55 Å². The molecule has 0 radical (unpaired) electrons. The number of rotatable bonds is 13. The molecule has 0 N–H and O–H groups in total. The van der Waals surface area contributed by atoms with Gasteiger partial charge < -0.3 is 4.57 Å². The number of nitrogens with zero attached hydrogens (tertiary/aromatic N) is 2. The molecule has 132 valence electrons. The van der Waals surface area contributed by atoms with Crippen LogP contribution in [0.2, 0.25) is 0 Å². The molecular weight excluding hydrogens is 320 g/mol. The molecular formula is C19H34N2S2. The summed E-state index contributed by atoms with van der Waals surface area (Å²) in [4.78, 5) is 4.20. The highest BCUT2D eigenvalue weighted by atomic mass is 32.2. The summed E-state index contributed by atoms with van der Waals surface area (Å²) < 4.78 is 2.68. The highest BCUT2D eigenvalue weighted by Crippen LogP contribution is 2.48. The molecule has 2 heterocycles. The Morgan fingerprint density at radius 1 is 0.913 bits per heavy atom. The first-order valence-corrected chi connectivity index (χ1v) is 11.6. The van der Waals surface area contributed by atoms with E-state index < -0.39 is 0 Å². The molecule has 1 aromatic rings. The van der Waals surface area contributed by atoms with Gasteiger partial charge in [0, 0.05) is 30.4 Å². The number of unbranched alkanes of at least 4 members (excludes halogenated alkanes) is 9. The molecule has 1 aliphatic heterocycles. The molecule has 1 saturated heterocycles.